The summed E-state index contributed by atoms with van der Waals surface area (Å²) in [7, 11) is 1.35. The Morgan fingerprint density at radius 3 is 2.72 bits per heavy atom. The largest absolute Gasteiger partial charge is 0.489 e. The van der Waals surface area contributed by atoms with Crippen LogP contribution in [0.2, 0.25) is 0 Å². The molecule has 0 bridgehead atoms. The van der Waals surface area contributed by atoms with Crippen LogP contribution in [0.1, 0.15) is 6.92 Å². The number of likely N-dealkylation sites (N-methyl/N-ethyl adjacent to an activating group) is 1. The number of ether oxygens (including phenoxy) is 2. The minimum atomic E-state index is -0.381. The number of nitrogens with zero attached hydrogens (tertiary/aromatic N) is 1. The van der Waals surface area contributed by atoms with E-state index < -0.39 is 0 Å². The fraction of sp³-hybridized carbons (Fsp3) is 0.462. The van der Waals surface area contributed by atoms with Gasteiger partial charge < -0.3 is 9.47 Å². The van der Waals surface area contributed by atoms with Crippen molar-refractivity contribution in [3.63, 3.8) is 0 Å². The van der Waals surface area contributed by atoms with Gasteiger partial charge in [-0.2, -0.15) is 0 Å². The van der Waals surface area contributed by atoms with Crippen LogP contribution in [-0.4, -0.2) is 44.2 Å². The van der Waals surface area contributed by atoms with Gasteiger partial charge in [-0.25, -0.2) is 4.39 Å². The number of halogens is 1. The second-order valence-corrected chi connectivity index (χ2v) is 3.72. The van der Waals surface area contributed by atoms with Gasteiger partial charge in [-0.15, -0.1) is 0 Å². The molecular weight excluding hydrogens is 237 g/mol. The maximum atomic E-state index is 13.2. The molecule has 1 aromatic carbocycles. The summed E-state index contributed by atoms with van der Waals surface area (Å²) in [4.78, 5) is 13.0. The number of para-hydroxylation sites is 1. The number of esters is 1. The number of hydrogen-bond donors (Lipinski definition) is 0. The molecule has 0 heterocycles. The fourth-order valence-corrected chi connectivity index (χ4v) is 1.44. The summed E-state index contributed by atoms with van der Waals surface area (Å²) in [6, 6.07) is 6.25. The van der Waals surface area contributed by atoms with Crippen LogP contribution in [-0.2, 0) is 9.53 Å². The summed E-state index contributed by atoms with van der Waals surface area (Å²) in [6.45, 7) is 3.72. The van der Waals surface area contributed by atoms with Crippen LogP contribution >= 0.6 is 0 Å². The van der Waals surface area contributed by atoms with E-state index >= 15 is 0 Å². The van der Waals surface area contributed by atoms with E-state index in [4.69, 9.17) is 4.74 Å². The maximum absolute atomic E-state index is 13.2. The number of methoxy groups -OCH3 is 1. The Hall–Kier alpha value is -1.62. The van der Waals surface area contributed by atoms with Crippen LogP contribution < -0.4 is 4.74 Å². The Morgan fingerprint density at radius 2 is 2.11 bits per heavy atom. The van der Waals surface area contributed by atoms with Gasteiger partial charge in [0, 0.05) is 6.54 Å². The zero-order valence-electron chi connectivity index (χ0n) is 10.7. The number of carbonyl (C=O) groups excluding carboxylic acids is 1. The standard InChI is InChI=1S/C13H18FNO3/c1-3-15(10-13(16)17-2)8-9-18-12-7-5-4-6-11(12)14/h4-7H,3,8-10H2,1-2H3. The molecule has 100 valence electrons. The quantitative estimate of drug-likeness (QED) is 0.695. The smallest absolute Gasteiger partial charge is 0.319 e. The van der Waals surface area contributed by atoms with Crippen molar-refractivity contribution in [3.8, 4) is 5.75 Å². The molecule has 0 aromatic heterocycles. The molecule has 0 spiro atoms. The third-order valence-corrected chi connectivity index (χ3v) is 2.53. The number of carbonyl (C=O) groups is 1. The van der Waals surface area contributed by atoms with Gasteiger partial charge in [0.1, 0.15) is 6.61 Å². The van der Waals surface area contributed by atoms with Gasteiger partial charge in [-0.3, -0.25) is 9.69 Å². The molecule has 0 aliphatic heterocycles. The van der Waals surface area contributed by atoms with E-state index in [1.807, 2.05) is 11.8 Å². The zero-order valence-corrected chi connectivity index (χ0v) is 10.7. The van der Waals surface area contributed by atoms with Crippen molar-refractivity contribution in [2.24, 2.45) is 0 Å². The third kappa shape index (κ3) is 4.71. The molecule has 5 heteroatoms. The maximum Gasteiger partial charge on any atom is 0.319 e. The minimum Gasteiger partial charge on any atom is -0.489 e. The van der Waals surface area contributed by atoms with Crippen LogP contribution in [0.3, 0.4) is 0 Å². The van der Waals surface area contributed by atoms with Crippen molar-refractivity contribution in [1.29, 1.82) is 0 Å². The highest BCUT2D eigenvalue weighted by Gasteiger charge is 2.09. The lowest BCUT2D eigenvalue weighted by Crippen LogP contribution is -2.33. The van der Waals surface area contributed by atoms with E-state index in [0.717, 1.165) is 0 Å². The van der Waals surface area contributed by atoms with Crippen molar-refractivity contribution < 1.29 is 18.7 Å². The number of hydrogen-bond acceptors (Lipinski definition) is 4. The van der Waals surface area contributed by atoms with Crippen LogP contribution in [0.25, 0.3) is 0 Å². The summed E-state index contributed by atoms with van der Waals surface area (Å²) in [5, 5.41) is 0. The average Bonchev–Trinajstić information content (AvgIpc) is 2.39. The van der Waals surface area contributed by atoms with Gasteiger partial charge in [-0.1, -0.05) is 19.1 Å². The Balaban J connectivity index is 2.35. The van der Waals surface area contributed by atoms with E-state index in [2.05, 4.69) is 4.74 Å². The van der Waals surface area contributed by atoms with Gasteiger partial charge in [0.2, 0.25) is 0 Å². The number of benzene rings is 1. The van der Waals surface area contributed by atoms with Crippen LogP contribution in [0, 0.1) is 5.82 Å². The second kappa shape index (κ2) is 7.66. The highest BCUT2D eigenvalue weighted by atomic mass is 19.1. The third-order valence-electron chi connectivity index (χ3n) is 2.53. The Kier molecular flexibility index (Phi) is 6.14. The summed E-state index contributed by atoms with van der Waals surface area (Å²) in [5.41, 5.74) is 0. The lowest BCUT2D eigenvalue weighted by atomic mass is 10.3. The molecule has 0 radical (unpaired) electrons. The van der Waals surface area contributed by atoms with Crippen molar-refractivity contribution in [3.05, 3.63) is 30.1 Å². The molecule has 0 atom stereocenters. The van der Waals surface area contributed by atoms with E-state index in [0.29, 0.717) is 19.7 Å². The summed E-state index contributed by atoms with van der Waals surface area (Å²) < 4.78 is 23.1. The normalized spacial score (nSPS) is 10.4. The molecule has 18 heavy (non-hydrogen) atoms. The van der Waals surface area contributed by atoms with Gasteiger partial charge in [0.05, 0.1) is 13.7 Å². The predicted molar refractivity (Wildman–Crippen MR) is 66.0 cm³/mol. The molecule has 0 amide bonds. The first kappa shape index (κ1) is 14.4. The molecule has 0 fully saturated rings. The topological polar surface area (TPSA) is 38.8 Å². The van der Waals surface area contributed by atoms with Crippen molar-refractivity contribution in [2.75, 3.05) is 33.4 Å². The van der Waals surface area contributed by atoms with Crippen molar-refractivity contribution in [1.82, 2.24) is 4.90 Å². The number of rotatable bonds is 7. The van der Waals surface area contributed by atoms with E-state index in [9.17, 15) is 9.18 Å². The fourth-order valence-electron chi connectivity index (χ4n) is 1.44. The zero-order chi connectivity index (χ0) is 13.4. The monoisotopic (exact) mass is 255 g/mol. The molecule has 0 aliphatic carbocycles. The Bertz CT molecular complexity index is 384. The molecular formula is C13H18FNO3. The minimum absolute atomic E-state index is 0.216. The van der Waals surface area contributed by atoms with Gasteiger partial charge in [-0.05, 0) is 18.7 Å². The molecule has 0 aliphatic rings. The molecule has 1 aromatic rings. The molecule has 0 unspecified atom stereocenters. The lowest BCUT2D eigenvalue weighted by Gasteiger charge is -2.18. The lowest BCUT2D eigenvalue weighted by molar-refractivity contribution is -0.141. The predicted octanol–water partition coefficient (Wildman–Crippen LogP) is 1.70. The molecule has 1 rings (SSSR count). The average molecular weight is 255 g/mol. The SMILES string of the molecule is CCN(CCOc1ccccc1F)CC(=O)OC. The Morgan fingerprint density at radius 1 is 1.39 bits per heavy atom. The van der Waals surface area contributed by atoms with E-state index in [1.165, 1.54) is 13.2 Å². The Labute approximate surface area is 106 Å². The second-order valence-electron chi connectivity index (χ2n) is 3.72. The van der Waals surface area contributed by atoms with Gasteiger partial charge in [0.25, 0.3) is 0 Å². The molecule has 0 saturated heterocycles. The van der Waals surface area contributed by atoms with Crippen LogP contribution in [0.4, 0.5) is 4.39 Å². The first-order valence-corrected chi connectivity index (χ1v) is 5.83. The molecule has 4 nitrogen and oxygen atoms in total. The summed E-state index contributed by atoms with van der Waals surface area (Å²) in [6.07, 6.45) is 0. The van der Waals surface area contributed by atoms with Gasteiger partial charge in [0.15, 0.2) is 11.6 Å². The highest BCUT2D eigenvalue weighted by molar-refractivity contribution is 5.71. The van der Waals surface area contributed by atoms with Gasteiger partial charge >= 0.3 is 5.97 Å². The van der Waals surface area contributed by atoms with Crippen LogP contribution in [0.5, 0.6) is 5.75 Å². The summed E-state index contributed by atoms with van der Waals surface area (Å²) >= 11 is 0. The first-order valence-electron chi connectivity index (χ1n) is 5.83. The van der Waals surface area contributed by atoms with Crippen molar-refractivity contribution >= 4 is 5.97 Å². The van der Waals surface area contributed by atoms with E-state index in [-0.39, 0.29) is 24.1 Å². The van der Waals surface area contributed by atoms with Crippen molar-refractivity contribution in [2.45, 2.75) is 6.92 Å². The highest BCUT2D eigenvalue weighted by Crippen LogP contribution is 2.14. The summed E-state index contributed by atoms with van der Waals surface area (Å²) in [5.74, 6) is -0.442. The van der Waals surface area contributed by atoms with Crippen LogP contribution in [0.15, 0.2) is 24.3 Å². The van der Waals surface area contributed by atoms with E-state index in [1.54, 1.807) is 18.2 Å². The first-order chi connectivity index (χ1) is 8.67. The molecule has 0 saturated carbocycles. The molecule has 0 N–H and O–H groups in total.